The first-order valence-electron chi connectivity index (χ1n) is 8.41. The van der Waals surface area contributed by atoms with Gasteiger partial charge < -0.3 is 15.0 Å². The summed E-state index contributed by atoms with van der Waals surface area (Å²) in [7, 11) is 0. The molecule has 0 unspecified atom stereocenters. The van der Waals surface area contributed by atoms with Gasteiger partial charge >= 0.3 is 6.09 Å². The molecule has 1 aromatic rings. The molecule has 0 aromatic heterocycles. The maximum Gasteiger partial charge on any atom is 0.410 e. The second-order valence-corrected chi connectivity index (χ2v) is 7.93. The highest BCUT2D eigenvalue weighted by Crippen LogP contribution is 2.28. The van der Waals surface area contributed by atoms with Crippen LogP contribution in [-0.4, -0.2) is 35.7 Å². The molecule has 0 radical (unpaired) electrons. The third-order valence-electron chi connectivity index (χ3n) is 3.72. The molecule has 0 saturated heterocycles. The Labute approximate surface area is 154 Å². The largest absolute Gasteiger partial charge is 0.444 e. The first kappa shape index (κ1) is 19.4. The van der Waals surface area contributed by atoms with Crippen molar-refractivity contribution in [1.29, 1.82) is 0 Å². The lowest BCUT2D eigenvalue weighted by atomic mass is 10.2. The number of nitrogens with one attached hydrogen (secondary N) is 1. The Kier molecular flexibility index (Phi) is 6.79. The summed E-state index contributed by atoms with van der Waals surface area (Å²) in [5.41, 5.74) is 0.529. The zero-order valence-electron chi connectivity index (χ0n) is 14.6. The number of benzene rings is 1. The van der Waals surface area contributed by atoms with E-state index in [0.29, 0.717) is 29.2 Å². The maximum atomic E-state index is 12.3. The molecule has 24 heavy (non-hydrogen) atoms. The van der Waals surface area contributed by atoms with Crippen LogP contribution in [0.2, 0.25) is 10.0 Å². The van der Waals surface area contributed by atoms with E-state index in [1.807, 2.05) is 37.8 Å². The van der Waals surface area contributed by atoms with Gasteiger partial charge in [-0.25, -0.2) is 4.79 Å². The van der Waals surface area contributed by atoms with Gasteiger partial charge in [-0.05, 0) is 58.2 Å². The van der Waals surface area contributed by atoms with Gasteiger partial charge in [-0.2, -0.15) is 0 Å². The van der Waals surface area contributed by atoms with Crippen LogP contribution in [0.25, 0.3) is 0 Å². The first-order valence-corrected chi connectivity index (χ1v) is 9.17. The highest BCUT2D eigenvalue weighted by molar-refractivity contribution is 6.42. The van der Waals surface area contributed by atoms with Crippen molar-refractivity contribution in [3.63, 3.8) is 0 Å². The molecule has 6 heteroatoms. The Balaban J connectivity index is 1.73. The van der Waals surface area contributed by atoms with Crippen molar-refractivity contribution in [3.8, 4) is 0 Å². The molecule has 0 spiro atoms. The smallest absolute Gasteiger partial charge is 0.410 e. The molecular weight excluding hydrogens is 347 g/mol. The molecule has 0 aliphatic heterocycles. The van der Waals surface area contributed by atoms with Gasteiger partial charge in [0.25, 0.3) is 0 Å². The fourth-order valence-corrected chi connectivity index (χ4v) is 2.80. The average molecular weight is 373 g/mol. The van der Waals surface area contributed by atoms with Gasteiger partial charge in [-0.15, -0.1) is 0 Å². The quantitative estimate of drug-likeness (QED) is 0.693. The third kappa shape index (κ3) is 6.15. The molecule has 1 amide bonds. The Morgan fingerprint density at radius 2 is 2.04 bits per heavy atom. The second kappa shape index (κ2) is 8.41. The number of rotatable bonds is 7. The number of hydrogen-bond donors (Lipinski definition) is 1. The van der Waals surface area contributed by atoms with Gasteiger partial charge in [0.15, 0.2) is 0 Å². The van der Waals surface area contributed by atoms with Crippen LogP contribution < -0.4 is 5.32 Å². The Morgan fingerprint density at radius 1 is 1.33 bits per heavy atom. The van der Waals surface area contributed by atoms with Gasteiger partial charge in [-0.3, -0.25) is 0 Å². The Bertz CT molecular complexity index is 569. The van der Waals surface area contributed by atoms with E-state index >= 15 is 0 Å². The van der Waals surface area contributed by atoms with Crippen LogP contribution in [0.5, 0.6) is 0 Å². The first-order chi connectivity index (χ1) is 11.3. The van der Waals surface area contributed by atoms with Gasteiger partial charge in [0.05, 0.1) is 10.0 Å². The monoisotopic (exact) mass is 372 g/mol. The average Bonchev–Trinajstić information content (AvgIpc) is 3.29. The van der Waals surface area contributed by atoms with Crippen LogP contribution >= 0.6 is 23.2 Å². The second-order valence-electron chi connectivity index (χ2n) is 7.15. The summed E-state index contributed by atoms with van der Waals surface area (Å²) in [5, 5.41) is 4.52. The van der Waals surface area contributed by atoms with E-state index < -0.39 is 5.60 Å². The molecule has 2 rings (SSSR count). The normalized spacial score (nSPS) is 14.5. The molecular formula is C18H26Cl2N2O2. The van der Waals surface area contributed by atoms with Crippen molar-refractivity contribution in [2.24, 2.45) is 0 Å². The number of carbonyl (C=O) groups is 1. The number of hydrogen-bond acceptors (Lipinski definition) is 3. The van der Waals surface area contributed by atoms with Crippen LogP contribution in [0.1, 0.15) is 45.6 Å². The molecule has 134 valence electrons. The lowest BCUT2D eigenvalue weighted by molar-refractivity contribution is 0.0232. The van der Waals surface area contributed by atoms with E-state index in [1.54, 1.807) is 6.07 Å². The van der Waals surface area contributed by atoms with Crippen molar-refractivity contribution in [3.05, 3.63) is 33.8 Å². The Hall–Kier alpha value is -0.970. The van der Waals surface area contributed by atoms with E-state index in [1.165, 1.54) is 0 Å². The van der Waals surface area contributed by atoms with Crippen molar-refractivity contribution < 1.29 is 9.53 Å². The maximum absolute atomic E-state index is 12.3. The van der Waals surface area contributed by atoms with Gasteiger partial charge in [0.1, 0.15) is 5.60 Å². The lowest BCUT2D eigenvalue weighted by Gasteiger charge is -2.27. The summed E-state index contributed by atoms with van der Waals surface area (Å²) in [5.74, 6) is 0. The number of ether oxygens (including phenoxy) is 1. The molecule has 1 aliphatic rings. The van der Waals surface area contributed by atoms with Gasteiger partial charge in [0.2, 0.25) is 0 Å². The molecule has 1 saturated carbocycles. The molecule has 4 nitrogen and oxygen atoms in total. The highest BCUT2D eigenvalue weighted by atomic mass is 35.5. The minimum Gasteiger partial charge on any atom is -0.444 e. The van der Waals surface area contributed by atoms with Crippen LogP contribution in [0.4, 0.5) is 4.79 Å². The van der Waals surface area contributed by atoms with Crippen LogP contribution in [0.15, 0.2) is 18.2 Å². The molecule has 1 N–H and O–H groups in total. The van der Waals surface area contributed by atoms with Crippen LogP contribution in [0, 0.1) is 0 Å². The van der Waals surface area contributed by atoms with E-state index in [9.17, 15) is 4.79 Å². The van der Waals surface area contributed by atoms with E-state index in [0.717, 1.165) is 31.4 Å². The molecule has 0 atom stereocenters. The molecule has 1 aliphatic carbocycles. The predicted octanol–water partition coefficient (Wildman–Crippen LogP) is 4.87. The van der Waals surface area contributed by atoms with Crippen molar-refractivity contribution in [2.75, 3.05) is 13.1 Å². The molecule has 0 bridgehead atoms. The third-order valence-corrected chi connectivity index (χ3v) is 4.57. The highest BCUT2D eigenvalue weighted by Gasteiger charge is 2.34. The molecule has 0 heterocycles. The Morgan fingerprint density at radius 3 is 2.67 bits per heavy atom. The fraction of sp³-hybridized carbons (Fsp3) is 0.611. The van der Waals surface area contributed by atoms with E-state index in [4.69, 9.17) is 27.9 Å². The zero-order chi connectivity index (χ0) is 17.7. The summed E-state index contributed by atoms with van der Waals surface area (Å²) in [4.78, 5) is 14.1. The summed E-state index contributed by atoms with van der Waals surface area (Å²) in [6.45, 7) is 7.85. The van der Waals surface area contributed by atoms with E-state index in [2.05, 4.69) is 5.32 Å². The number of halogens is 2. The minimum atomic E-state index is -0.453. The lowest BCUT2D eigenvalue weighted by Crippen LogP contribution is -2.39. The SMILES string of the molecule is CC(C)(C)OC(=O)N(CCCNCc1cccc(Cl)c1Cl)C1CC1. The molecule has 1 aromatic carbocycles. The fourth-order valence-electron chi connectivity index (χ4n) is 2.41. The van der Waals surface area contributed by atoms with Crippen LogP contribution in [0.3, 0.4) is 0 Å². The number of amides is 1. The standard InChI is InChI=1S/C18H26Cl2N2O2/c1-18(2,3)24-17(23)22(14-8-9-14)11-5-10-21-12-13-6-4-7-15(19)16(13)20/h4,6-7,14,21H,5,8-12H2,1-3H3. The minimum absolute atomic E-state index is 0.206. The summed E-state index contributed by atoms with van der Waals surface area (Å²) in [6, 6.07) is 5.98. The number of carbonyl (C=O) groups excluding carboxylic acids is 1. The van der Waals surface area contributed by atoms with Crippen molar-refractivity contribution >= 4 is 29.3 Å². The predicted molar refractivity (Wildman–Crippen MR) is 98.7 cm³/mol. The molecule has 1 fully saturated rings. The van der Waals surface area contributed by atoms with Crippen molar-refractivity contribution in [2.45, 2.75) is 58.2 Å². The van der Waals surface area contributed by atoms with E-state index in [-0.39, 0.29) is 6.09 Å². The van der Waals surface area contributed by atoms with Gasteiger partial charge in [-0.1, -0.05) is 35.3 Å². The summed E-state index contributed by atoms with van der Waals surface area (Å²) >= 11 is 12.2. The van der Waals surface area contributed by atoms with Crippen LogP contribution in [-0.2, 0) is 11.3 Å². The van der Waals surface area contributed by atoms with Crippen molar-refractivity contribution in [1.82, 2.24) is 10.2 Å². The zero-order valence-corrected chi connectivity index (χ0v) is 16.1. The topological polar surface area (TPSA) is 41.6 Å². The summed E-state index contributed by atoms with van der Waals surface area (Å²) in [6.07, 6.45) is 2.81. The number of nitrogens with zero attached hydrogens (tertiary/aromatic N) is 1. The summed E-state index contributed by atoms with van der Waals surface area (Å²) < 4.78 is 5.49. The van der Waals surface area contributed by atoms with Gasteiger partial charge in [0, 0.05) is 19.1 Å².